The van der Waals surface area contributed by atoms with E-state index in [1.165, 1.54) is 0 Å². The van der Waals surface area contributed by atoms with Crippen molar-refractivity contribution in [2.75, 3.05) is 26.3 Å². The number of amides is 4. The van der Waals surface area contributed by atoms with Crippen LogP contribution in [-0.4, -0.2) is 69.9 Å². The Hall–Kier alpha value is -6.36. The van der Waals surface area contributed by atoms with Gasteiger partial charge in [0.2, 0.25) is 0 Å². The first-order valence-electron chi connectivity index (χ1n) is 19.4. The van der Waals surface area contributed by atoms with Crippen LogP contribution in [0.4, 0.5) is 0 Å². The fourth-order valence-corrected chi connectivity index (χ4v) is 8.56. The summed E-state index contributed by atoms with van der Waals surface area (Å²) in [5, 5.41) is 24.2. The number of fused-ring (bicyclic) bond motifs is 2. The SMILES string of the molecule is CC(C)(C)c1ccc(Oc2cc3c4c(ccc5c6c(Oc7ccc(C(C)(C)C)cc7)cc7c8c(ccc(c2c45)c86)C(=O)N(CCO)C7=O)C(=O)N(CCO)C3=O)cc1. The summed E-state index contributed by atoms with van der Waals surface area (Å²) in [6.45, 7) is 11.6. The zero-order chi connectivity index (χ0) is 41.0. The Balaban J connectivity index is 1.41. The van der Waals surface area contributed by atoms with Crippen LogP contribution in [0.1, 0.15) is 94.1 Å². The molecule has 2 heterocycles. The number of aliphatic hydroxyl groups is 2. The fraction of sp³-hybridized carbons (Fsp3) is 0.250. The molecule has 0 aliphatic carbocycles. The van der Waals surface area contributed by atoms with Gasteiger partial charge in [-0.15, -0.1) is 0 Å². The van der Waals surface area contributed by atoms with Crippen LogP contribution < -0.4 is 9.47 Å². The number of hydrogen-bond donors (Lipinski definition) is 2. The third-order valence-electron chi connectivity index (χ3n) is 11.5. The number of ether oxygens (including phenoxy) is 2. The molecule has 0 atom stereocenters. The van der Waals surface area contributed by atoms with Crippen molar-refractivity contribution >= 4 is 66.7 Å². The number of carbonyl (C=O) groups is 4. The van der Waals surface area contributed by atoms with Gasteiger partial charge >= 0.3 is 0 Å². The Bertz CT molecular complexity index is 2700. The van der Waals surface area contributed by atoms with Gasteiger partial charge in [-0.25, -0.2) is 0 Å². The molecule has 0 saturated carbocycles. The predicted molar refractivity (Wildman–Crippen MR) is 223 cm³/mol. The molecule has 292 valence electrons. The van der Waals surface area contributed by atoms with Crippen molar-refractivity contribution in [3.63, 3.8) is 0 Å². The van der Waals surface area contributed by atoms with Crippen molar-refractivity contribution in [1.82, 2.24) is 9.80 Å². The van der Waals surface area contributed by atoms with Gasteiger partial charge in [0.15, 0.2) is 0 Å². The van der Waals surface area contributed by atoms with E-state index < -0.39 is 36.8 Å². The first-order chi connectivity index (χ1) is 27.6. The zero-order valence-electron chi connectivity index (χ0n) is 33.1. The smallest absolute Gasteiger partial charge is 0.261 e. The summed E-state index contributed by atoms with van der Waals surface area (Å²) < 4.78 is 13.5. The van der Waals surface area contributed by atoms with Gasteiger partial charge in [0.25, 0.3) is 23.6 Å². The summed E-state index contributed by atoms with van der Waals surface area (Å²) in [6, 6.07) is 25.8. The molecule has 0 bridgehead atoms. The first kappa shape index (κ1) is 37.2. The van der Waals surface area contributed by atoms with Gasteiger partial charge in [-0.3, -0.25) is 29.0 Å². The van der Waals surface area contributed by atoms with Crippen LogP contribution in [-0.2, 0) is 10.8 Å². The van der Waals surface area contributed by atoms with Crippen LogP contribution in [0.2, 0.25) is 0 Å². The second-order valence-electron chi connectivity index (χ2n) is 17.1. The summed E-state index contributed by atoms with van der Waals surface area (Å²) >= 11 is 0. The highest BCUT2D eigenvalue weighted by molar-refractivity contribution is 6.43. The molecule has 7 aromatic carbocycles. The van der Waals surface area contributed by atoms with Crippen LogP contribution in [0.15, 0.2) is 84.9 Å². The first-order valence-corrected chi connectivity index (χ1v) is 19.4. The summed E-state index contributed by atoms with van der Waals surface area (Å²) in [5.74, 6) is -0.479. The van der Waals surface area contributed by atoms with Gasteiger partial charge in [-0.2, -0.15) is 0 Å². The van der Waals surface area contributed by atoms with Crippen molar-refractivity contribution < 1.29 is 38.9 Å². The molecule has 58 heavy (non-hydrogen) atoms. The van der Waals surface area contributed by atoms with Crippen molar-refractivity contribution in [3.05, 3.63) is 118 Å². The van der Waals surface area contributed by atoms with Crippen LogP contribution in [0.5, 0.6) is 23.0 Å². The van der Waals surface area contributed by atoms with Gasteiger partial charge in [0.05, 0.1) is 37.4 Å². The molecule has 0 saturated heterocycles. The highest BCUT2D eigenvalue weighted by Gasteiger charge is 2.39. The van der Waals surface area contributed by atoms with E-state index in [1.807, 2.05) is 60.7 Å². The Morgan fingerprint density at radius 2 is 0.793 bits per heavy atom. The lowest BCUT2D eigenvalue weighted by atomic mass is 9.81. The van der Waals surface area contributed by atoms with Gasteiger partial charge in [0.1, 0.15) is 23.0 Å². The highest BCUT2D eigenvalue weighted by atomic mass is 16.5. The van der Waals surface area contributed by atoms with Gasteiger partial charge in [-0.05, 0) is 81.3 Å². The average molecular weight is 775 g/mol. The number of aliphatic hydroxyl groups excluding tert-OH is 2. The maximum absolute atomic E-state index is 14.2. The predicted octanol–water partition coefficient (Wildman–Crippen LogP) is 9.09. The number of benzene rings is 7. The van der Waals surface area contributed by atoms with E-state index in [0.29, 0.717) is 77.2 Å². The Morgan fingerprint density at radius 3 is 1.12 bits per heavy atom. The molecular formula is C48H42N2O8. The summed E-state index contributed by atoms with van der Waals surface area (Å²) in [5.41, 5.74) is 3.07. The van der Waals surface area contributed by atoms with E-state index in [4.69, 9.17) is 9.47 Å². The van der Waals surface area contributed by atoms with E-state index in [-0.39, 0.29) is 35.0 Å². The lowest BCUT2D eigenvalue weighted by Gasteiger charge is -2.31. The minimum absolute atomic E-state index is 0.103. The van der Waals surface area contributed by atoms with Crippen LogP contribution in [0.25, 0.3) is 43.1 Å². The molecule has 7 aromatic rings. The van der Waals surface area contributed by atoms with E-state index in [9.17, 15) is 29.4 Å². The van der Waals surface area contributed by atoms with E-state index in [1.54, 1.807) is 24.3 Å². The van der Waals surface area contributed by atoms with Crippen molar-refractivity contribution in [3.8, 4) is 23.0 Å². The molecule has 10 nitrogen and oxygen atoms in total. The largest absolute Gasteiger partial charge is 0.457 e. The quantitative estimate of drug-likeness (QED) is 0.0888. The lowest BCUT2D eigenvalue weighted by molar-refractivity contribution is 0.0567. The van der Waals surface area contributed by atoms with E-state index in [2.05, 4.69) is 41.5 Å². The molecule has 0 unspecified atom stereocenters. The maximum Gasteiger partial charge on any atom is 0.261 e. The van der Waals surface area contributed by atoms with Gasteiger partial charge in [0, 0.05) is 43.4 Å². The minimum atomic E-state index is -0.560. The number of β-amino-alcohol motifs (C(OH)–C–C–N with tert-alkyl or cyclic N) is 2. The molecule has 0 spiro atoms. The minimum Gasteiger partial charge on any atom is -0.457 e. The second kappa shape index (κ2) is 13.1. The number of rotatable bonds is 8. The lowest BCUT2D eigenvalue weighted by Crippen LogP contribution is -2.42. The second-order valence-corrected chi connectivity index (χ2v) is 17.1. The maximum atomic E-state index is 14.2. The Labute approximate surface area is 334 Å². The van der Waals surface area contributed by atoms with Crippen LogP contribution in [0.3, 0.4) is 0 Å². The molecule has 10 heteroatoms. The standard InChI is InChI=1S/C48H42N2O8/c1-47(2,3)25-7-11-27(12-8-25)57-35-23-33-37-31(43(53)49(19-21-51)45(33)55)18-16-30-40-36(58-28-13-9-26(10-14-28)48(4,5)6)24-34-38-32(44(54)50(20-22-52)46(34)56)17-15-29(42(38)40)39(35)41(30)37/h7-18,23-24,51-52H,19-22H2,1-6H3. The average Bonchev–Trinajstić information content (AvgIpc) is 3.19. The van der Waals surface area contributed by atoms with Crippen molar-refractivity contribution in [2.24, 2.45) is 0 Å². The van der Waals surface area contributed by atoms with E-state index >= 15 is 0 Å². The van der Waals surface area contributed by atoms with Crippen molar-refractivity contribution in [2.45, 2.75) is 52.4 Å². The normalized spacial score (nSPS) is 14.6. The summed E-state index contributed by atoms with van der Waals surface area (Å²) in [7, 11) is 0. The topological polar surface area (TPSA) is 134 Å². The molecule has 4 amide bonds. The van der Waals surface area contributed by atoms with Crippen LogP contribution >= 0.6 is 0 Å². The fourth-order valence-electron chi connectivity index (χ4n) is 8.56. The monoisotopic (exact) mass is 774 g/mol. The third kappa shape index (κ3) is 5.54. The van der Waals surface area contributed by atoms with Crippen molar-refractivity contribution in [1.29, 1.82) is 0 Å². The van der Waals surface area contributed by atoms with Crippen LogP contribution in [0, 0.1) is 0 Å². The molecule has 2 aliphatic rings. The number of imide groups is 2. The molecular weight excluding hydrogens is 733 g/mol. The number of hydrogen-bond acceptors (Lipinski definition) is 8. The molecule has 2 aliphatic heterocycles. The third-order valence-corrected chi connectivity index (χ3v) is 11.5. The number of carbonyl (C=O) groups excluding carboxylic acids is 4. The number of nitrogens with zero attached hydrogens (tertiary/aromatic N) is 2. The summed E-state index contributed by atoms with van der Waals surface area (Å²) in [4.78, 5) is 58.6. The Morgan fingerprint density at radius 1 is 0.448 bits per heavy atom. The summed E-state index contributed by atoms with van der Waals surface area (Å²) in [6.07, 6.45) is 0. The van der Waals surface area contributed by atoms with Gasteiger partial charge < -0.3 is 19.7 Å². The zero-order valence-corrected chi connectivity index (χ0v) is 33.1. The van der Waals surface area contributed by atoms with Gasteiger partial charge in [-0.1, -0.05) is 77.9 Å². The molecule has 0 fully saturated rings. The molecule has 9 rings (SSSR count). The Kier molecular flexibility index (Phi) is 8.40. The molecule has 0 radical (unpaired) electrons. The van der Waals surface area contributed by atoms with E-state index in [0.717, 1.165) is 20.9 Å². The molecule has 0 aromatic heterocycles. The molecule has 2 N–H and O–H groups in total. The highest BCUT2D eigenvalue weighted by Crippen LogP contribution is 2.53.